The lowest BCUT2D eigenvalue weighted by molar-refractivity contribution is -0.148. The Morgan fingerprint density at radius 3 is 2.67 bits per heavy atom. The molecule has 1 heterocycles. The molecule has 0 spiro atoms. The number of nitrogens with zero attached hydrogens (tertiary/aromatic N) is 2. The highest BCUT2D eigenvalue weighted by molar-refractivity contribution is 5.44. The third kappa shape index (κ3) is 2.93. The first-order valence-electron chi connectivity index (χ1n) is 3.77. The van der Waals surface area contributed by atoms with Crippen molar-refractivity contribution in [2.24, 2.45) is 0 Å². The molecule has 0 radical (unpaired) electrons. The van der Waals surface area contributed by atoms with Gasteiger partial charge in [-0.2, -0.15) is 8.78 Å². The van der Waals surface area contributed by atoms with E-state index in [0.717, 1.165) is 12.5 Å². The lowest BCUT2D eigenvalue weighted by Crippen LogP contribution is -2.34. The molecule has 0 saturated heterocycles. The normalized spacial score (nSPS) is 11.8. The number of anilines is 1. The van der Waals surface area contributed by atoms with Gasteiger partial charge in [0.15, 0.2) is 6.61 Å². The molecule has 0 fully saturated rings. The van der Waals surface area contributed by atoms with Crippen LogP contribution in [-0.4, -0.2) is 28.9 Å². The Morgan fingerprint density at radius 1 is 1.47 bits per heavy atom. The molecule has 15 heavy (non-hydrogen) atoms. The van der Waals surface area contributed by atoms with E-state index >= 15 is 0 Å². The van der Waals surface area contributed by atoms with Crippen molar-refractivity contribution in [1.82, 2.24) is 9.97 Å². The summed E-state index contributed by atoms with van der Waals surface area (Å²) in [5, 5.41) is 0. The summed E-state index contributed by atoms with van der Waals surface area (Å²) in [6.07, 6.45) is -1.67. The molecule has 4 nitrogen and oxygen atoms in total. The molecule has 84 valence electrons. The van der Waals surface area contributed by atoms with Crippen molar-refractivity contribution in [3.63, 3.8) is 0 Å². The van der Waals surface area contributed by atoms with Crippen LogP contribution in [0.2, 0.25) is 0 Å². The first-order valence-corrected chi connectivity index (χ1v) is 3.77. The molecule has 2 N–H and O–H groups in total. The molecule has 0 aliphatic carbocycles. The van der Waals surface area contributed by atoms with Crippen molar-refractivity contribution in [2.75, 3.05) is 12.3 Å². The summed E-state index contributed by atoms with van der Waals surface area (Å²) in [6.45, 7) is -1.48. The largest absolute Gasteiger partial charge is 0.469 e. The maximum Gasteiger partial charge on any atom is 0.340 e. The molecule has 0 unspecified atom stereocenters. The van der Waals surface area contributed by atoms with Crippen LogP contribution in [-0.2, 0) is 0 Å². The van der Waals surface area contributed by atoms with E-state index in [-0.39, 0.29) is 11.6 Å². The second kappa shape index (κ2) is 4.28. The van der Waals surface area contributed by atoms with Crippen molar-refractivity contribution in [3.05, 3.63) is 12.5 Å². The van der Waals surface area contributed by atoms with Gasteiger partial charge in [-0.1, -0.05) is 0 Å². The standard InChI is InChI=1S/C7H7F4N3O/c8-6(9)7(10,11)2-15-5-4(12)1-13-3-14-5/h1,3,6H,2,12H2. The van der Waals surface area contributed by atoms with E-state index in [1.165, 1.54) is 0 Å². The molecule has 0 bridgehead atoms. The van der Waals surface area contributed by atoms with E-state index in [9.17, 15) is 17.6 Å². The molecule has 0 aliphatic rings. The van der Waals surface area contributed by atoms with Crippen molar-refractivity contribution in [1.29, 1.82) is 0 Å². The Hall–Kier alpha value is -1.60. The molecule has 0 aliphatic heterocycles. The van der Waals surface area contributed by atoms with Gasteiger partial charge in [0.05, 0.1) is 6.20 Å². The van der Waals surface area contributed by atoms with Gasteiger partial charge in [0.2, 0.25) is 5.88 Å². The maximum atomic E-state index is 12.4. The monoisotopic (exact) mass is 225 g/mol. The molecule has 1 aromatic rings. The van der Waals surface area contributed by atoms with Crippen LogP contribution in [0.15, 0.2) is 12.5 Å². The Balaban J connectivity index is 2.62. The number of aromatic nitrogens is 2. The molecule has 8 heteroatoms. The Labute approximate surface area is 82.1 Å². The van der Waals surface area contributed by atoms with E-state index in [0.29, 0.717) is 0 Å². The fraction of sp³-hybridized carbons (Fsp3) is 0.429. The summed E-state index contributed by atoms with van der Waals surface area (Å²) in [6, 6.07) is 0. The van der Waals surface area contributed by atoms with Gasteiger partial charge in [0, 0.05) is 0 Å². The fourth-order valence-electron chi connectivity index (χ4n) is 0.677. The first-order chi connectivity index (χ1) is 6.93. The van der Waals surface area contributed by atoms with Crippen LogP contribution >= 0.6 is 0 Å². The zero-order valence-electron chi connectivity index (χ0n) is 7.33. The van der Waals surface area contributed by atoms with Crippen molar-refractivity contribution in [2.45, 2.75) is 12.3 Å². The Morgan fingerprint density at radius 2 is 2.13 bits per heavy atom. The second-order valence-corrected chi connectivity index (χ2v) is 2.63. The highest BCUT2D eigenvalue weighted by Crippen LogP contribution is 2.25. The first kappa shape index (κ1) is 11.5. The lowest BCUT2D eigenvalue weighted by atomic mass is 10.4. The molecule has 0 amide bonds. The van der Waals surface area contributed by atoms with E-state index < -0.39 is 19.0 Å². The number of nitrogens with two attached hydrogens (primary N) is 1. The SMILES string of the molecule is Nc1cncnc1OCC(F)(F)C(F)F. The predicted octanol–water partition coefficient (Wildman–Crippen LogP) is 1.34. The van der Waals surface area contributed by atoms with Gasteiger partial charge in [0.1, 0.15) is 12.0 Å². The van der Waals surface area contributed by atoms with Crippen LogP contribution < -0.4 is 10.5 Å². The average molecular weight is 225 g/mol. The van der Waals surface area contributed by atoms with Crippen LogP contribution in [0, 0.1) is 0 Å². The van der Waals surface area contributed by atoms with Gasteiger partial charge in [-0.3, -0.25) is 0 Å². The number of rotatable bonds is 4. The third-order valence-corrected chi connectivity index (χ3v) is 1.42. The molecule has 1 rings (SSSR count). The van der Waals surface area contributed by atoms with Crippen LogP contribution in [0.5, 0.6) is 5.88 Å². The number of halogens is 4. The van der Waals surface area contributed by atoms with Crippen LogP contribution in [0.4, 0.5) is 23.2 Å². The van der Waals surface area contributed by atoms with Crippen LogP contribution in [0.25, 0.3) is 0 Å². The summed E-state index contributed by atoms with van der Waals surface area (Å²) >= 11 is 0. The van der Waals surface area contributed by atoms with E-state index in [1.54, 1.807) is 0 Å². The van der Waals surface area contributed by atoms with Gasteiger partial charge < -0.3 is 10.5 Å². The highest BCUT2D eigenvalue weighted by Gasteiger charge is 2.41. The summed E-state index contributed by atoms with van der Waals surface area (Å²) < 4.78 is 52.6. The average Bonchev–Trinajstić information content (AvgIpc) is 2.16. The summed E-state index contributed by atoms with van der Waals surface area (Å²) in [4.78, 5) is 6.88. The fourth-order valence-corrected chi connectivity index (χ4v) is 0.677. The van der Waals surface area contributed by atoms with E-state index in [4.69, 9.17) is 5.73 Å². The maximum absolute atomic E-state index is 12.4. The number of alkyl halides is 4. The molecular weight excluding hydrogens is 218 g/mol. The van der Waals surface area contributed by atoms with Crippen molar-refractivity contribution >= 4 is 5.69 Å². The van der Waals surface area contributed by atoms with E-state index in [1.807, 2.05) is 0 Å². The molecular formula is C7H7F4N3O. The van der Waals surface area contributed by atoms with E-state index in [2.05, 4.69) is 14.7 Å². The molecule has 0 atom stereocenters. The molecule has 0 saturated carbocycles. The number of hydrogen-bond acceptors (Lipinski definition) is 4. The summed E-state index contributed by atoms with van der Waals surface area (Å²) in [5.74, 6) is -4.57. The van der Waals surface area contributed by atoms with Crippen molar-refractivity contribution < 1.29 is 22.3 Å². The Bertz CT molecular complexity index is 334. The van der Waals surface area contributed by atoms with Gasteiger partial charge in [-0.05, 0) is 0 Å². The van der Waals surface area contributed by atoms with Gasteiger partial charge in [-0.25, -0.2) is 18.7 Å². The third-order valence-electron chi connectivity index (χ3n) is 1.42. The van der Waals surface area contributed by atoms with Gasteiger partial charge >= 0.3 is 12.3 Å². The van der Waals surface area contributed by atoms with Gasteiger partial charge in [0.25, 0.3) is 0 Å². The number of nitrogen functional groups attached to an aromatic ring is 1. The number of hydrogen-bond donors (Lipinski definition) is 1. The number of ether oxygens (including phenoxy) is 1. The van der Waals surface area contributed by atoms with Crippen LogP contribution in [0.3, 0.4) is 0 Å². The molecule has 0 aromatic carbocycles. The predicted molar refractivity (Wildman–Crippen MR) is 42.9 cm³/mol. The highest BCUT2D eigenvalue weighted by atomic mass is 19.3. The zero-order valence-corrected chi connectivity index (χ0v) is 7.33. The minimum atomic E-state index is -4.22. The topological polar surface area (TPSA) is 61.0 Å². The van der Waals surface area contributed by atoms with Crippen LogP contribution in [0.1, 0.15) is 0 Å². The van der Waals surface area contributed by atoms with Gasteiger partial charge in [-0.15, -0.1) is 0 Å². The zero-order chi connectivity index (χ0) is 11.5. The quantitative estimate of drug-likeness (QED) is 0.785. The summed E-state index contributed by atoms with van der Waals surface area (Å²) in [5.41, 5.74) is 5.15. The smallest absolute Gasteiger partial charge is 0.340 e. The summed E-state index contributed by atoms with van der Waals surface area (Å²) in [7, 11) is 0. The minimum Gasteiger partial charge on any atom is -0.469 e. The van der Waals surface area contributed by atoms with Crippen molar-refractivity contribution in [3.8, 4) is 5.88 Å². The minimum absolute atomic E-state index is 0.0948. The lowest BCUT2D eigenvalue weighted by Gasteiger charge is -2.15. The molecule has 1 aromatic heterocycles. The Kier molecular flexibility index (Phi) is 3.28. The second-order valence-electron chi connectivity index (χ2n) is 2.63.